The Hall–Kier alpha value is -2.90. The Bertz CT molecular complexity index is 984. The first-order chi connectivity index (χ1) is 13.6. The Balaban J connectivity index is 2.14. The van der Waals surface area contributed by atoms with Crippen LogP contribution in [0.2, 0.25) is 0 Å². The van der Waals surface area contributed by atoms with Gasteiger partial charge in [0.15, 0.2) is 0 Å². The maximum Gasteiger partial charge on any atom is 0.352 e. The minimum atomic E-state index is -1.06. The van der Waals surface area contributed by atoms with Crippen molar-refractivity contribution in [2.75, 3.05) is 27.4 Å². The molecule has 2 aromatic carbocycles. The van der Waals surface area contributed by atoms with E-state index >= 15 is 0 Å². The summed E-state index contributed by atoms with van der Waals surface area (Å²) in [6, 6.07) is 11.8. The lowest BCUT2D eigenvalue weighted by Crippen LogP contribution is -2.21. The van der Waals surface area contributed by atoms with Gasteiger partial charge in [0.25, 0.3) is 0 Å². The Labute approximate surface area is 162 Å². The van der Waals surface area contributed by atoms with Crippen LogP contribution in [0.15, 0.2) is 42.5 Å². The summed E-state index contributed by atoms with van der Waals surface area (Å²) in [5, 5.41) is 13.9. The number of rotatable bonds is 9. The van der Waals surface area contributed by atoms with Crippen LogP contribution in [0.1, 0.15) is 21.6 Å². The van der Waals surface area contributed by atoms with E-state index in [4.69, 9.17) is 9.47 Å². The summed E-state index contributed by atoms with van der Waals surface area (Å²) < 4.78 is 26.2. The number of nitrogens with one attached hydrogen (secondary N) is 1. The van der Waals surface area contributed by atoms with Gasteiger partial charge >= 0.3 is 5.97 Å². The first-order valence-corrected chi connectivity index (χ1v) is 8.92. The maximum absolute atomic E-state index is 14.2. The van der Waals surface area contributed by atoms with Crippen LogP contribution in [0.5, 0.6) is 5.75 Å². The summed E-state index contributed by atoms with van der Waals surface area (Å²) in [6.07, 6.45) is 0. The molecule has 2 N–H and O–H groups in total. The van der Waals surface area contributed by atoms with Gasteiger partial charge in [0.05, 0.1) is 25.8 Å². The molecule has 0 radical (unpaired) electrons. The molecule has 0 amide bonds. The lowest BCUT2D eigenvalue weighted by Gasteiger charge is -2.11. The SMILES string of the molecule is COCCNCc1c(C(=O)O)n(Cc2ccccc2F)c2cc(OC)ccc12. The van der Waals surface area contributed by atoms with Gasteiger partial charge in [0.2, 0.25) is 0 Å². The number of carboxylic acid groups (broad SMARTS) is 1. The number of nitrogens with zero attached hydrogens (tertiary/aromatic N) is 1. The van der Waals surface area contributed by atoms with Crippen molar-refractivity contribution in [2.45, 2.75) is 13.1 Å². The standard InChI is InChI=1S/C21H23FN2O4/c1-27-10-9-23-12-17-16-8-7-15(28-2)11-19(16)24(20(17)21(25)26)13-14-5-3-4-6-18(14)22/h3-8,11,23H,9-10,12-13H2,1-2H3,(H,25,26). The van der Waals surface area contributed by atoms with Crippen molar-refractivity contribution in [3.63, 3.8) is 0 Å². The second-order valence-corrected chi connectivity index (χ2v) is 6.36. The van der Waals surface area contributed by atoms with E-state index in [0.717, 1.165) is 5.39 Å². The molecule has 0 aliphatic rings. The Morgan fingerprint density at radius 1 is 1.21 bits per heavy atom. The fourth-order valence-corrected chi connectivity index (χ4v) is 3.30. The zero-order valence-corrected chi connectivity index (χ0v) is 15.9. The molecular formula is C21H23FN2O4. The molecule has 7 heteroatoms. The van der Waals surface area contributed by atoms with Gasteiger partial charge in [-0.05, 0) is 18.2 Å². The molecule has 0 saturated carbocycles. The van der Waals surface area contributed by atoms with E-state index < -0.39 is 5.97 Å². The quantitative estimate of drug-likeness (QED) is 0.552. The monoisotopic (exact) mass is 386 g/mol. The first-order valence-electron chi connectivity index (χ1n) is 8.92. The van der Waals surface area contributed by atoms with Crippen LogP contribution in [0, 0.1) is 5.82 Å². The summed E-state index contributed by atoms with van der Waals surface area (Å²) in [7, 11) is 3.16. The highest BCUT2D eigenvalue weighted by Crippen LogP contribution is 2.31. The first kappa shape index (κ1) is 19.9. The van der Waals surface area contributed by atoms with Gasteiger partial charge in [-0.3, -0.25) is 0 Å². The van der Waals surface area contributed by atoms with E-state index in [1.165, 1.54) is 6.07 Å². The predicted molar refractivity (Wildman–Crippen MR) is 105 cm³/mol. The minimum absolute atomic E-state index is 0.107. The molecule has 1 heterocycles. The Morgan fingerprint density at radius 3 is 2.68 bits per heavy atom. The topological polar surface area (TPSA) is 72.7 Å². The van der Waals surface area contributed by atoms with Crippen LogP contribution in [-0.2, 0) is 17.8 Å². The molecule has 0 unspecified atom stereocenters. The Kier molecular flexibility index (Phi) is 6.28. The van der Waals surface area contributed by atoms with Crippen molar-refractivity contribution >= 4 is 16.9 Å². The van der Waals surface area contributed by atoms with E-state index in [-0.39, 0.29) is 18.1 Å². The van der Waals surface area contributed by atoms with Crippen molar-refractivity contribution < 1.29 is 23.8 Å². The maximum atomic E-state index is 14.2. The lowest BCUT2D eigenvalue weighted by molar-refractivity contribution is 0.0684. The molecule has 0 atom stereocenters. The summed E-state index contributed by atoms with van der Waals surface area (Å²) in [5.41, 5.74) is 1.89. The van der Waals surface area contributed by atoms with E-state index in [0.29, 0.717) is 42.1 Å². The average Bonchev–Trinajstić information content (AvgIpc) is 3.00. The van der Waals surface area contributed by atoms with Crippen LogP contribution >= 0.6 is 0 Å². The van der Waals surface area contributed by atoms with Crippen LogP contribution in [-0.4, -0.2) is 43.0 Å². The molecule has 6 nitrogen and oxygen atoms in total. The molecule has 0 saturated heterocycles. The zero-order chi connectivity index (χ0) is 20.1. The van der Waals surface area contributed by atoms with Crippen LogP contribution in [0.3, 0.4) is 0 Å². The van der Waals surface area contributed by atoms with Gasteiger partial charge in [0.1, 0.15) is 17.3 Å². The molecular weight excluding hydrogens is 363 g/mol. The van der Waals surface area contributed by atoms with E-state index in [1.807, 2.05) is 6.07 Å². The van der Waals surface area contributed by atoms with E-state index in [9.17, 15) is 14.3 Å². The molecule has 0 bridgehead atoms. The van der Waals surface area contributed by atoms with Crippen LogP contribution < -0.4 is 10.1 Å². The third kappa shape index (κ3) is 4.00. The highest BCUT2D eigenvalue weighted by atomic mass is 19.1. The minimum Gasteiger partial charge on any atom is -0.497 e. The number of methoxy groups -OCH3 is 2. The number of benzene rings is 2. The fraction of sp³-hybridized carbons (Fsp3) is 0.286. The normalized spacial score (nSPS) is 11.1. The van der Waals surface area contributed by atoms with Gasteiger partial charge in [-0.1, -0.05) is 18.2 Å². The molecule has 0 aliphatic heterocycles. The number of ether oxygens (including phenoxy) is 2. The Morgan fingerprint density at radius 2 is 2.00 bits per heavy atom. The highest BCUT2D eigenvalue weighted by molar-refractivity contribution is 5.98. The van der Waals surface area contributed by atoms with Gasteiger partial charge in [0, 0.05) is 42.8 Å². The average molecular weight is 386 g/mol. The van der Waals surface area contributed by atoms with E-state index in [1.54, 1.807) is 49.1 Å². The second-order valence-electron chi connectivity index (χ2n) is 6.36. The highest BCUT2D eigenvalue weighted by Gasteiger charge is 2.23. The van der Waals surface area contributed by atoms with Crippen LogP contribution in [0.25, 0.3) is 10.9 Å². The molecule has 0 aliphatic carbocycles. The van der Waals surface area contributed by atoms with Crippen molar-refractivity contribution in [3.8, 4) is 5.75 Å². The van der Waals surface area contributed by atoms with Gasteiger partial charge in [-0.2, -0.15) is 0 Å². The summed E-state index contributed by atoms with van der Waals surface area (Å²) in [5.74, 6) is -0.825. The summed E-state index contributed by atoms with van der Waals surface area (Å²) in [4.78, 5) is 12.1. The third-order valence-electron chi connectivity index (χ3n) is 4.65. The second kappa shape index (κ2) is 8.86. The largest absolute Gasteiger partial charge is 0.497 e. The van der Waals surface area contributed by atoms with E-state index in [2.05, 4.69) is 5.32 Å². The van der Waals surface area contributed by atoms with Crippen molar-refractivity contribution in [3.05, 3.63) is 65.1 Å². The molecule has 0 fully saturated rings. The zero-order valence-electron chi connectivity index (χ0n) is 15.9. The van der Waals surface area contributed by atoms with Crippen molar-refractivity contribution in [2.24, 2.45) is 0 Å². The number of carboxylic acids is 1. The number of fused-ring (bicyclic) bond motifs is 1. The predicted octanol–water partition coefficient (Wildman–Crippen LogP) is 3.27. The molecule has 1 aromatic heterocycles. The number of hydrogen-bond acceptors (Lipinski definition) is 4. The summed E-state index contributed by atoms with van der Waals surface area (Å²) >= 11 is 0. The van der Waals surface area contributed by atoms with Crippen molar-refractivity contribution in [1.29, 1.82) is 0 Å². The number of aromatic nitrogens is 1. The molecule has 3 rings (SSSR count). The number of aromatic carboxylic acids is 1. The molecule has 0 spiro atoms. The number of hydrogen-bond donors (Lipinski definition) is 2. The van der Waals surface area contributed by atoms with Gasteiger partial charge in [-0.15, -0.1) is 0 Å². The smallest absolute Gasteiger partial charge is 0.352 e. The summed E-state index contributed by atoms with van der Waals surface area (Å²) in [6.45, 7) is 1.57. The number of carbonyl (C=O) groups is 1. The number of halogens is 1. The lowest BCUT2D eigenvalue weighted by atomic mass is 10.1. The van der Waals surface area contributed by atoms with Gasteiger partial charge in [-0.25, -0.2) is 9.18 Å². The van der Waals surface area contributed by atoms with Gasteiger partial charge < -0.3 is 24.5 Å². The molecule has 28 heavy (non-hydrogen) atoms. The third-order valence-corrected chi connectivity index (χ3v) is 4.65. The van der Waals surface area contributed by atoms with Crippen molar-refractivity contribution in [1.82, 2.24) is 9.88 Å². The van der Waals surface area contributed by atoms with Crippen LogP contribution in [0.4, 0.5) is 4.39 Å². The fourth-order valence-electron chi connectivity index (χ4n) is 3.30. The molecule has 3 aromatic rings. The molecule has 148 valence electrons.